The van der Waals surface area contributed by atoms with Gasteiger partial charge in [0.15, 0.2) is 0 Å². The molecule has 1 aliphatic rings. The molecule has 0 radical (unpaired) electrons. The van der Waals surface area contributed by atoms with Gasteiger partial charge in [0.25, 0.3) is 0 Å². The molecule has 3 heteroatoms. The van der Waals surface area contributed by atoms with Crippen LogP contribution in [0.2, 0.25) is 0 Å². The summed E-state index contributed by atoms with van der Waals surface area (Å²) in [7, 11) is 0. The quantitative estimate of drug-likeness (QED) is 0.870. The zero-order valence-corrected chi connectivity index (χ0v) is 12.0. The number of rotatable bonds is 2. The molecule has 3 nitrogen and oxygen atoms in total. The molecule has 1 aliphatic heterocycles. The SMILES string of the molecule is CC(c1ccncc1)N1CCNC(C(C)(C)C)C1. The van der Waals surface area contributed by atoms with Crippen molar-refractivity contribution in [1.82, 2.24) is 15.2 Å². The van der Waals surface area contributed by atoms with Gasteiger partial charge in [-0.25, -0.2) is 0 Å². The van der Waals surface area contributed by atoms with Crippen molar-refractivity contribution in [3.8, 4) is 0 Å². The maximum atomic E-state index is 4.10. The second-order valence-electron chi connectivity index (χ2n) is 6.32. The Morgan fingerprint density at radius 2 is 2.00 bits per heavy atom. The number of aromatic nitrogens is 1. The Hall–Kier alpha value is -0.930. The minimum atomic E-state index is 0.316. The van der Waals surface area contributed by atoms with Gasteiger partial charge in [-0.2, -0.15) is 0 Å². The van der Waals surface area contributed by atoms with E-state index >= 15 is 0 Å². The number of hydrogen-bond donors (Lipinski definition) is 1. The molecule has 1 aromatic heterocycles. The molecule has 2 atom stereocenters. The Morgan fingerprint density at radius 3 is 2.61 bits per heavy atom. The van der Waals surface area contributed by atoms with Crippen LogP contribution in [0.5, 0.6) is 0 Å². The minimum absolute atomic E-state index is 0.316. The average Bonchev–Trinajstić information content (AvgIpc) is 2.38. The van der Waals surface area contributed by atoms with Crippen molar-refractivity contribution in [2.45, 2.75) is 39.8 Å². The lowest BCUT2D eigenvalue weighted by Gasteiger charge is -2.43. The molecule has 0 saturated carbocycles. The van der Waals surface area contributed by atoms with Gasteiger partial charge in [-0.15, -0.1) is 0 Å². The first-order valence-corrected chi connectivity index (χ1v) is 6.86. The summed E-state index contributed by atoms with van der Waals surface area (Å²) in [6.45, 7) is 12.5. The monoisotopic (exact) mass is 247 g/mol. The van der Waals surface area contributed by atoms with Gasteiger partial charge in [0, 0.05) is 44.1 Å². The van der Waals surface area contributed by atoms with Crippen LogP contribution >= 0.6 is 0 Å². The molecule has 100 valence electrons. The lowest BCUT2D eigenvalue weighted by molar-refractivity contribution is 0.104. The van der Waals surface area contributed by atoms with E-state index in [-0.39, 0.29) is 0 Å². The maximum absolute atomic E-state index is 4.10. The molecule has 0 spiro atoms. The third-order valence-electron chi connectivity index (χ3n) is 3.99. The number of hydrogen-bond acceptors (Lipinski definition) is 3. The van der Waals surface area contributed by atoms with Crippen molar-refractivity contribution in [1.29, 1.82) is 0 Å². The van der Waals surface area contributed by atoms with Crippen molar-refractivity contribution in [3.05, 3.63) is 30.1 Å². The fourth-order valence-electron chi connectivity index (χ4n) is 2.56. The number of nitrogens with one attached hydrogen (secondary N) is 1. The highest BCUT2D eigenvalue weighted by Gasteiger charge is 2.31. The van der Waals surface area contributed by atoms with Crippen LogP contribution in [0.3, 0.4) is 0 Å². The fourth-order valence-corrected chi connectivity index (χ4v) is 2.56. The summed E-state index contributed by atoms with van der Waals surface area (Å²) in [6.07, 6.45) is 3.77. The van der Waals surface area contributed by atoms with Crippen LogP contribution in [0.1, 0.15) is 39.3 Å². The number of nitrogens with zero attached hydrogens (tertiary/aromatic N) is 2. The van der Waals surface area contributed by atoms with E-state index in [1.54, 1.807) is 0 Å². The molecule has 1 fully saturated rings. The molecule has 2 heterocycles. The standard InChI is InChI=1S/C15H25N3/c1-12(13-5-7-16-8-6-13)18-10-9-17-14(11-18)15(2,3)4/h5-8,12,14,17H,9-11H2,1-4H3. The van der Waals surface area contributed by atoms with Gasteiger partial charge in [0.2, 0.25) is 0 Å². The first-order valence-electron chi connectivity index (χ1n) is 6.86. The van der Waals surface area contributed by atoms with E-state index in [9.17, 15) is 0 Å². The van der Waals surface area contributed by atoms with Crippen LogP contribution in [0.4, 0.5) is 0 Å². The Kier molecular flexibility index (Phi) is 4.03. The summed E-state index contributed by atoms with van der Waals surface area (Å²) >= 11 is 0. The normalized spacial score (nSPS) is 23.9. The Bertz CT molecular complexity index is 369. The van der Waals surface area contributed by atoms with E-state index in [0.717, 1.165) is 19.6 Å². The second-order valence-corrected chi connectivity index (χ2v) is 6.32. The van der Waals surface area contributed by atoms with Gasteiger partial charge in [-0.3, -0.25) is 9.88 Å². The Balaban J connectivity index is 2.05. The molecule has 0 aromatic carbocycles. The molecule has 1 saturated heterocycles. The summed E-state index contributed by atoms with van der Waals surface area (Å²) in [5.74, 6) is 0. The van der Waals surface area contributed by atoms with Gasteiger partial charge in [-0.1, -0.05) is 20.8 Å². The van der Waals surface area contributed by atoms with Crippen LogP contribution in [0.25, 0.3) is 0 Å². The van der Waals surface area contributed by atoms with E-state index < -0.39 is 0 Å². The molecule has 1 aromatic rings. The van der Waals surface area contributed by atoms with E-state index in [4.69, 9.17) is 0 Å². The van der Waals surface area contributed by atoms with Gasteiger partial charge >= 0.3 is 0 Å². The van der Waals surface area contributed by atoms with Crippen LogP contribution in [-0.2, 0) is 0 Å². The summed E-state index contributed by atoms with van der Waals surface area (Å²) < 4.78 is 0. The lowest BCUT2D eigenvalue weighted by Crippen LogP contribution is -2.56. The van der Waals surface area contributed by atoms with E-state index in [0.29, 0.717) is 17.5 Å². The van der Waals surface area contributed by atoms with Gasteiger partial charge < -0.3 is 5.32 Å². The predicted molar refractivity (Wildman–Crippen MR) is 75.5 cm³/mol. The van der Waals surface area contributed by atoms with Gasteiger partial charge in [0.05, 0.1) is 0 Å². The first kappa shape index (κ1) is 13.5. The fraction of sp³-hybridized carbons (Fsp3) is 0.667. The van der Waals surface area contributed by atoms with Crippen molar-refractivity contribution < 1.29 is 0 Å². The predicted octanol–water partition coefficient (Wildman–Crippen LogP) is 2.46. The van der Waals surface area contributed by atoms with Gasteiger partial charge in [0.1, 0.15) is 0 Å². The Morgan fingerprint density at radius 1 is 1.33 bits per heavy atom. The molecule has 0 aliphatic carbocycles. The molecule has 0 amide bonds. The highest BCUT2D eigenvalue weighted by Crippen LogP contribution is 2.26. The highest BCUT2D eigenvalue weighted by molar-refractivity contribution is 5.14. The molecule has 2 unspecified atom stereocenters. The third kappa shape index (κ3) is 3.09. The van der Waals surface area contributed by atoms with Gasteiger partial charge in [-0.05, 0) is 30.0 Å². The zero-order chi connectivity index (χ0) is 13.2. The van der Waals surface area contributed by atoms with Crippen molar-refractivity contribution in [3.63, 3.8) is 0 Å². The lowest BCUT2D eigenvalue weighted by atomic mass is 9.85. The maximum Gasteiger partial charge on any atom is 0.0322 e. The summed E-state index contributed by atoms with van der Waals surface area (Å²) in [4.78, 5) is 6.67. The third-order valence-corrected chi connectivity index (χ3v) is 3.99. The van der Waals surface area contributed by atoms with Crippen molar-refractivity contribution >= 4 is 0 Å². The highest BCUT2D eigenvalue weighted by atomic mass is 15.2. The van der Waals surface area contributed by atoms with Crippen molar-refractivity contribution in [2.24, 2.45) is 5.41 Å². The molecule has 2 rings (SSSR count). The largest absolute Gasteiger partial charge is 0.311 e. The summed E-state index contributed by atoms with van der Waals surface area (Å²) in [5, 5.41) is 3.64. The number of pyridine rings is 1. The van der Waals surface area contributed by atoms with Crippen LogP contribution in [0, 0.1) is 5.41 Å². The molecule has 1 N–H and O–H groups in total. The van der Waals surface area contributed by atoms with Crippen LogP contribution in [0.15, 0.2) is 24.5 Å². The van der Waals surface area contributed by atoms with Crippen LogP contribution < -0.4 is 5.32 Å². The molecule has 0 bridgehead atoms. The topological polar surface area (TPSA) is 28.2 Å². The average molecular weight is 247 g/mol. The smallest absolute Gasteiger partial charge is 0.0322 e. The first-order chi connectivity index (χ1) is 8.48. The second kappa shape index (κ2) is 5.37. The summed E-state index contributed by atoms with van der Waals surface area (Å²) in [5.41, 5.74) is 1.68. The van der Waals surface area contributed by atoms with E-state index in [1.807, 2.05) is 12.4 Å². The molecule has 18 heavy (non-hydrogen) atoms. The Labute approximate surface area is 111 Å². The van der Waals surface area contributed by atoms with Crippen LogP contribution in [-0.4, -0.2) is 35.6 Å². The van der Waals surface area contributed by atoms with Crippen molar-refractivity contribution in [2.75, 3.05) is 19.6 Å². The number of piperazine rings is 1. The zero-order valence-electron chi connectivity index (χ0n) is 12.0. The minimum Gasteiger partial charge on any atom is -0.311 e. The summed E-state index contributed by atoms with van der Waals surface area (Å²) in [6, 6.07) is 5.29. The van der Waals surface area contributed by atoms with E-state index in [2.05, 4.69) is 55.0 Å². The molecular weight excluding hydrogens is 222 g/mol. The molecular formula is C15H25N3. The van der Waals surface area contributed by atoms with E-state index in [1.165, 1.54) is 5.56 Å².